The summed E-state index contributed by atoms with van der Waals surface area (Å²) in [6.45, 7) is 4.65. The molecule has 0 aliphatic carbocycles. The van der Waals surface area contributed by atoms with Gasteiger partial charge in [-0.1, -0.05) is 36.4 Å². The van der Waals surface area contributed by atoms with Crippen LogP contribution in [-0.2, 0) is 4.79 Å². The first-order valence-corrected chi connectivity index (χ1v) is 17.2. The van der Waals surface area contributed by atoms with Crippen LogP contribution in [0.25, 0.3) is 21.5 Å². The molecule has 6 aromatic rings. The van der Waals surface area contributed by atoms with Gasteiger partial charge in [0.1, 0.15) is 11.6 Å². The van der Waals surface area contributed by atoms with Gasteiger partial charge in [-0.05, 0) is 90.8 Å². The fraction of sp³-hybridized carbons (Fsp3) is 0.150. The van der Waals surface area contributed by atoms with Crippen molar-refractivity contribution in [2.45, 2.75) is 19.9 Å². The summed E-state index contributed by atoms with van der Waals surface area (Å²) in [7, 11) is 1.47. The van der Waals surface area contributed by atoms with E-state index < -0.39 is 17.9 Å². The Morgan fingerprint density at radius 2 is 1.13 bits per heavy atom. The summed E-state index contributed by atoms with van der Waals surface area (Å²) in [5.41, 5.74) is 3.72. The molecule has 0 aliphatic rings. The standard InChI is InChI=1S/C40H39N9O5/c1-4-41-39(53)47-34-20-26-8-6-10-32(30(26)22-43-34)45-28-16-12-24(13-17-28)36(38(51)52)49(3)37(50)25-14-18-29(19-15-25)46-33-11-7-9-27-21-35(44-23-31(27)33)48-40(54)42-5-2/h6-23,36,45-46H,4-5H2,1-3H3,(H,51,52)(H2,41,43,47,53)(H2,42,44,48,54). The number of pyridine rings is 2. The highest BCUT2D eigenvalue weighted by Gasteiger charge is 2.29. The number of fused-ring (bicyclic) bond motifs is 2. The van der Waals surface area contributed by atoms with E-state index in [4.69, 9.17) is 0 Å². The first-order chi connectivity index (χ1) is 26.1. The monoisotopic (exact) mass is 725 g/mol. The Bertz CT molecular complexity index is 2330. The normalized spacial score (nSPS) is 11.3. The van der Waals surface area contributed by atoms with Gasteiger partial charge in [-0.2, -0.15) is 0 Å². The molecule has 14 nitrogen and oxygen atoms in total. The van der Waals surface area contributed by atoms with E-state index in [1.165, 1.54) is 11.9 Å². The minimum absolute atomic E-state index is 0.321. The molecule has 14 heteroatoms. The molecule has 5 amide bonds. The Balaban J connectivity index is 1.12. The van der Waals surface area contributed by atoms with Crippen LogP contribution in [0.1, 0.15) is 35.8 Å². The van der Waals surface area contributed by atoms with Crippen molar-refractivity contribution in [1.82, 2.24) is 25.5 Å². The number of carboxylic acid groups (broad SMARTS) is 1. The van der Waals surface area contributed by atoms with E-state index in [9.17, 15) is 24.3 Å². The number of rotatable bonds is 12. The molecule has 2 aromatic heterocycles. The van der Waals surface area contributed by atoms with Crippen molar-refractivity contribution in [3.05, 3.63) is 121 Å². The molecule has 0 saturated carbocycles. The fourth-order valence-electron chi connectivity index (χ4n) is 5.95. The average Bonchev–Trinajstić information content (AvgIpc) is 3.15. The summed E-state index contributed by atoms with van der Waals surface area (Å²) < 4.78 is 0. The van der Waals surface area contributed by atoms with Crippen LogP contribution < -0.4 is 31.9 Å². The number of carbonyl (C=O) groups is 4. The number of hydrogen-bond acceptors (Lipinski definition) is 8. The molecular formula is C40H39N9O5. The van der Waals surface area contributed by atoms with Gasteiger partial charge < -0.3 is 31.3 Å². The van der Waals surface area contributed by atoms with Crippen molar-refractivity contribution in [3.8, 4) is 0 Å². The second-order valence-electron chi connectivity index (χ2n) is 12.3. The molecule has 274 valence electrons. The third kappa shape index (κ3) is 8.45. The van der Waals surface area contributed by atoms with Crippen LogP contribution in [0, 0.1) is 0 Å². The Labute approximate surface area is 311 Å². The highest BCUT2D eigenvalue weighted by atomic mass is 16.4. The second kappa shape index (κ2) is 16.4. The van der Waals surface area contributed by atoms with E-state index in [2.05, 4.69) is 41.9 Å². The van der Waals surface area contributed by atoms with Crippen LogP contribution >= 0.6 is 0 Å². The molecule has 4 aromatic carbocycles. The minimum Gasteiger partial charge on any atom is -0.479 e. The van der Waals surface area contributed by atoms with Crippen LogP contribution in [0.3, 0.4) is 0 Å². The molecule has 0 spiro atoms. The molecule has 7 N–H and O–H groups in total. The summed E-state index contributed by atoms with van der Waals surface area (Å²) in [4.78, 5) is 59.8. The van der Waals surface area contributed by atoms with Crippen LogP contribution in [-0.4, -0.2) is 64.1 Å². The molecule has 0 bridgehead atoms. The number of hydrogen-bond donors (Lipinski definition) is 7. The Morgan fingerprint density at radius 1 is 0.667 bits per heavy atom. The summed E-state index contributed by atoms with van der Waals surface area (Å²) in [5, 5.41) is 31.1. The van der Waals surface area contributed by atoms with Crippen LogP contribution in [0.2, 0.25) is 0 Å². The largest absolute Gasteiger partial charge is 0.479 e. The number of amides is 5. The van der Waals surface area contributed by atoms with E-state index >= 15 is 0 Å². The van der Waals surface area contributed by atoms with Gasteiger partial charge in [0.15, 0.2) is 6.04 Å². The first-order valence-electron chi connectivity index (χ1n) is 17.2. The van der Waals surface area contributed by atoms with E-state index in [0.29, 0.717) is 47.2 Å². The highest BCUT2D eigenvalue weighted by molar-refractivity contribution is 6.00. The Kier molecular flexibility index (Phi) is 11.1. The molecule has 0 fully saturated rings. The van der Waals surface area contributed by atoms with Gasteiger partial charge in [-0.25, -0.2) is 24.4 Å². The zero-order valence-corrected chi connectivity index (χ0v) is 29.8. The number of benzene rings is 4. The number of urea groups is 2. The molecule has 6 rings (SSSR count). The van der Waals surface area contributed by atoms with Crippen LogP contribution in [0.5, 0.6) is 0 Å². The van der Waals surface area contributed by atoms with E-state index in [-0.39, 0.29) is 12.1 Å². The first kappa shape index (κ1) is 36.6. The lowest BCUT2D eigenvalue weighted by atomic mass is 10.0. The van der Waals surface area contributed by atoms with E-state index in [1.807, 2.05) is 50.2 Å². The molecule has 2 heterocycles. The predicted molar refractivity (Wildman–Crippen MR) is 211 cm³/mol. The second-order valence-corrected chi connectivity index (χ2v) is 12.3. The van der Waals surface area contributed by atoms with Gasteiger partial charge >= 0.3 is 18.0 Å². The average molecular weight is 726 g/mol. The number of nitrogens with one attached hydrogen (secondary N) is 6. The fourth-order valence-corrected chi connectivity index (χ4v) is 5.95. The molecule has 1 atom stereocenters. The molecule has 0 aliphatic heterocycles. The van der Waals surface area contributed by atoms with Crippen molar-refractivity contribution in [2.24, 2.45) is 0 Å². The van der Waals surface area contributed by atoms with Crippen LogP contribution in [0.4, 0.5) is 44.0 Å². The Hall–Kier alpha value is -7.22. The predicted octanol–water partition coefficient (Wildman–Crippen LogP) is 7.45. The number of aliphatic carboxylic acids is 1. The maximum atomic E-state index is 13.6. The molecule has 1 unspecified atom stereocenters. The van der Waals surface area contributed by atoms with Gasteiger partial charge in [0, 0.05) is 71.6 Å². The van der Waals surface area contributed by atoms with Gasteiger partial charge in [0.05, 0.1) is 0 Å². The lowest BCUT2D eigenvalue weighted by Crippen LogP contribution is -2.35. The van der Waals surface area contributed by atoms with Crippen LogP contribution in [0.15, 0.2) is 109 Å². The number of carboxylic acids is 1. The lowest BCUT2D eigenvalue weighted by molar-refractivity contribution is -0.142. The smallest absolute Gasteiger partial charge is 0.331 e. The number of carbonyl (C=O) groups excluding carboxylic acids is 3. The molecule has 0 radical (unpaired) electrons. The van der Waals surface area contributed by atoms with Gasteiger partial charge in [-0.15, -0.1) is 0 Å². The molecule has 54 heavy (non-hydrogen) atoms. The Morgan fingerprint density at radius 3 is 1.57 bits per heavy atom. The molecular weight excluding hydrogens is 686 g/mol. The summed E-state index contributed by atoms with van der Waals surface area (Å²) >= 11 is 0. The third-order valence-electron chi connectivity index (χ3n) is 8.55. The third-order valence-corrected chi connectivity index (χ3v) is 8.55. The lowest BCUT2D eigenvalue weighted by Gasteiger charge is -2.25. The minimum atomic E-state index is -1.24. The SMILES string of the molecule is CCNC(=O)Nc1cc2cccc(Nc3ccc(C(=O)N(C)C(C(=O)O)c4ccc(Nc5cccc6cc(NC(=O)NCC)ncc56)cc4)cc3)c2cn1. The number of nitrogens with zero attached hydrogens (tertiary/aromatic N) is 3. The highest BCUT2D eigenvalue weighted by Crippen LogP contribution is 2.31. The summed E-state index contributed by atoms with van der Waals surface area (Å²) in [6, 6.07) is 26.7. The van der Waals surface area contributed by atoms with Gasteiger partial charge in [0.25, 0.3) is 5.91 Å². The van der Waals surface area contributed by atoms with Gasteiger partial charge in [-0.3, -0.25) is 15.4 Å². The number of aromatic nitrogens is 2. The van der Waals surface area contributed by atoms with Gasteiger partial charge in [0.2, 0.25) is 0 Å². The maximum absolute atomic E-state index is 13.6. The topological polar surface area (TPSA) is 190 Å². The van der Waals surface area contributed by atoms with Crippen molar-refractivity contribution in [2.75, 3.05) is 41.4 Å². The van der Waals surface area contributed by atoms with Crippen molar-refractivity contribution >= 4 is 79.9 Å². The van der Waals surface area contributed by atoms with E-state index in [1.54, 1.807) is 73.1 Å². The van der Waals surface area contributed by atoms with Crippen molar-refractivity contribution < 1.29 is 24.3 Å². The summed E-state index contributed by atoms with van der Waals surface area (Å²) in [5.74, 6) is -0.783. The summed E-state index contributed by atoms with van der Waals surface area (Å²) in [6.07, 6.45) is 3.34. The quantitative estimate of drug-likeness (QED) is 0.0672. The van der Waals surface area contributed by atoms with Crippen molar-refractivity contribution in [3.63, 3.8) is 0 Å². The zero-order valence-electron chi connectivity index (χ0n) is 29.8. The zero-order chi connectivity index (χ0) is 38.2. The number of likely N-dealkylation sites (N-methyl/N-ethyl adjacent to an activating group) is 1. The molecule has 0 saturated heterocycles. The van der Waals surface area contributed by atoms with Crippen molar-refractivity contribution in [1.29, 1.82) is 0 Å². The maximum Gasteiger partial charge on any atom is 0.331 e. The van der Waals surface area contributed by atoms with E-state index in [0.717, 1.165) is 32.9 Å². The number of anilines is 6.